The van der Waals surface area contributed by atoms with Gasteiger partial charge in [0.2, 0.25) is 0 Å². The molecule has 0 fully saturated rings. The first-order valence-electron chi connectivity index (χ1n) is 9.76. The molecule has 7 nitrogen and oxygen atoms in total. The second-order valence-electron chi connectivity index (χ2n) is 7.22. The molecule has 8 heteroatoms. The molecule has 1 aromatic heterocycles. The predicted octanol–water partition coefficient (Wildman–Crippen LogP) is 3.86. The molecule has 1 aliphatic rings. The van der Waals surface area contributed by atoms with Crippen LogP contribution in [0.2, 0.25) is 0 Å². The number of nitrogens with one attached hydrogen (secondary N) is 1. The topological polar surface area (TPSA) is 72.4 Å². The lowest BCUT2D eigenvalue weighted by Crippen LogP contribution is -2.26. The fourth-order valence-electron chi connectivity index (χ4n) is 3.80. The van der Waals surface area contributed by atoms with E-state index in [9.17, 15) is 4.39 Å². The normalized spacial score (nSPS) is 15.2. The monoisotopic (exact) mass is 409 g/mol. The summed E-state index contributed by atoms with van der Waals surface area (Å²) in [6.45, 7) is 3.08. The minimum atomic E-state index is -0.280. The Balaban J connectivity index is 1.64. The van der Waals surface area contributed by atoms with E-state index in [1.165, 1.54) is 24.8 Å². The van der Waals surface area contributed by atoms with Gasteiger partial charge in [-0.05, 0) is 48.2 Å². The van der Waals surface area contributed by atoms with E-state index in [-0.39, 0.29) is 17.7 Å². The summed E-state index contributed by atoms with van der Waals surface area (Å²) in [4.78, 5) is 6.76. The predicted molar refractivity (Wildman–Crippen MR) is 113 cm³/mol. The van der Waals surface area contributed by atoms with Crippen molar-refractivity contribution in [3.05, 3.63) is 65.0 Å². The number of hydrogen-bond acceptors (Lipinski definition) is 7. The quantitative estimate of drug-likeness (QED) is 0.635. The van der Waals surface area contributed by atoms with Gasteiger partial charge in [-0.1, -0.05) is 24.3 Å². The van der Waals surface area contributed by atoms with Crippen molar-refractivity contribution in [2.75, 3.05) is 24.4 Å². The van der Waals surface area contributed by atoms with Crippen molar-refractivity contribution < 1.29 is 13.9 Å². The lowest BCUT2D eigenvalue weighted by molar-refractivity contribution is 0.184. The number of benzene rings is 2. The Kier molecular flexibility index (Phi) is 5.76. The molecule has 0 aliphatic carbocycles. The zero-order valence-electron chi connectivity index (χ0n) is 17.2. The molecule has 2 aromatic carbocycles. The molecule has 3 aromatic rings. The van der Waals surface area contributed by atoms with Crippen LogP contribution in [0, 0.1) is 5.82 Å². The average molecular weight is 409 g/mol. The molecule has 1 N–H and O–H groups in total. The van der Waals surface area contributed by atoms with Gasteiger partial charge in [-0.15, -0.1) is 10.2 Å². The SMILES string of the molecule is COCc1cccc2c1CC(C)N2c1nnc(OC)c(NCc2cccc(F)c2)n1. The van der Waals surface area contributed by atoms with Crippen molar-refractivity contribution in [3.8, 4) is 5.88 Å². The van der Waals surface area contributed by atoms with Gasteiger partial charge in [-0.25, -0.2) is 4.39 Å². The number of aromatic nitrogens is 3. The lowest BCUT2D eigenvalue weighted by Gasteiger charge is -2.23. The molecule has 156 valence electrons. The third kappa shape index (κ3) is 3.91. The van der Waals surface area contributed by atoms with Crippen molar-refractivity contribution in [1.29, 1.82) is 0 Å². The van der Waals surface area contributed by atoms with Gasteiger partial charge in [0.15, 0.2) is 5.82 Å². The largest absolute Gasteiger partial charge is 0.477 e. The highest BCUT2D eigenvalue weighted by Crippen LogP contribution is 2.39. The smallest absolute Gasteiger partial charge is 0.276 e. The summed E-state index contributed by atoms with van der Waals surface area (Å²) >= 11 is 0. The summed E-state index contributed by atoms with van der Waals surface area (Å²) in [6, 6.07) is 12.7. The molecule has 0 radical (unpaired) electrons. The van der Waals surface area contributed by atoms with Crippen LogP contribution < -0.4 is 15.0 Å². The number of halogens is 1. The summed E-state index contributed by atoms with van der Waals surface area (Å²) in [7, 11) is 3.21. The first-order valence-corrected chi connectivity index (χ1v) is 9.76. The Bertz CT molecular complexity index is 1050. The molecule has 0 spiro atoms. The highest BCUT2D eigenvalue weighted by molar-refractivity contribution is 5.69. The van der Waals surface area contributed by atoms with Crippen LogP contribution in [-0.2, 0) is 24.3 Å². The van der Waals surface area contributed by atoms with Gasteiger partial charge in [0.25, 0.3) is 11.8 Å². The second-order valence-corrected chi connectivity index (χ2v) is 7.22. The lowest BCUT2D eigenvalue weighted by atomic mass is 10.0. The van der Waals surface area contributed by atoms with Crippen LogP contribution in [0.25, 0.3) is 0 Å². The Morgan fingerprint density at radius 3 is 2.77 bits per heavy atom. The highest BCUT2D eigenvalue weighted by atomic mass is 19.1. The number of methoxy groups -OCH3 is 2. The van der Waals surface area contributed by atoms with Crippen molar-refractivity contribution in [2.24, 2.45) is 0 Å². The van der Waals surface area contributed by atoms with Crippen LogP contribution in [-0.4, -0.2) is 35.4 Å². The van der Waals surface area contributed by atoms with Gasteiger partial charge in [-0.2, -0.15) is 4.98 Å². The summed E-state index contributed by atoms with van der Waals surface area (Å²) in [5.41, 5.74) is 4.25. The zero-order chi connectivity index (χ0) is 21.1. The highest BCUT2D eigenvalue weighted by Gasteiger charge is 2.31. The number of ether oxygens (including phenoxy) is 2. The van der Waals surface area contributed by atoms with E-state index < -0.39 is 0 Å². The number of nitrogens with zero attached hydrogens (tertiary/aromatic N) is 4. The van der Waals surface area contributed by atoms with Crippen molar-refractivity contribution in [1.82, 2.24) is 15.2 Å². The van der Waals surface area contributed by atoms with Gasteiger partial charge in [-0.3, -0.25) is 0 Å². The Morgan fingerprint density at radius 1 is 1.17 bits per heavy atom. The van der Waals surface area contributed by atoms with E-state index in [2.05, 4.69) is 44.5 Å². The molecular weight excluding hydrogens is 385 g/mol. The third-order valence-corrected chi connectivity index (χ3v) is 5.15. The van der Waals surface area contributed by atoms with Gasteiger partial charge in [0, 0.05) is 25.4 Å². The minimum Gasteiger partial charge on any atom is -0.477 e. The van der Waals surface area contributed by atoms with Crippen LogP contribution in [0.4, 0.5) is 21.8 Å². The number of rotatable bonds is 7. The van der Waals surface area contributed by atoms with E-state index >= 15 is 0 Å². The molecule has 0 saturated carbocycles. The maximum atomic E-state index is 13.5. The van der Waals surface area contributed by atoms with Gasteiger partial charge < -0.3 is 19.7 Å². The van der Waals surface area contributed by atoms with Gasteiger partial charge in [0.05, 0.1) is 13.7 Å². The second kappa shape index (κ2) is 8.62. The van der Waals surface area contributed by atoms with Crippen molar-refractivity contribution in [2.45, 2.75) is 32.5 Å². The first kappa shape index (κ1) is 20.0. The molecular formula is C22H24FN5O2. The molecule has 1 aliphatic heterocycles. The van der Waals surface area contributed by atoms with Crippen LogP contribution >= 0.6 is 0 Å². The number of anilines is 3. The van der Waals surface area contributed by atoms with E-state index in [1.54, 1.807) is 13.2 Å². The molecule has 4 rings (SSSR count). The molecule has 30 heavy (non-hydrogen) atoms. The summed E-state index contributed by atoms with van der Waals surface area (Å²) in [5, 5.41) is 11.7. The summed E-state index contributed by atoms with van der Waals surface area (Å²) in [5.74, 6) is 0.950. The summed E-state index contributed by atoms with van der Waals surface area (Å²) in [6.07, 6.45) is 0.871. The standard InChI is InChI=1S/C22H24FN5O2/c1-14-10-18-16(13-29-2)7-5-9-19(18)28(14)22-25-20(21(30-3)26-27-22)24-12-15-6-4-8-17(23)11-15/h4-9,11,14H,10,12-13H2,1-3H3,(H,24,25,27). The van der Waals surface area contributed by atoms with Crippen LogP contribution in [0.15, 0.2) is 42.5 Å². The molecule has 2 heterocycles. The molecule has 0 saturated heterocycles. The van der Waals surface area contributed by atoms with Crippen LogP contribution in [0.1, 0.15) is 23.6 Å². The Morgan fingerprint density at radius 2 is 2.00 bits per heavy atom. The molecule has 1 unspecified atom stereocenters. The first-order chi connectivity index (χ1) is 14.6. The van der Waals surface area contributed by atoms with E-state index in [4.69, 9.17) is 9.47 Å². The molecule has 0 amide bonds. The third-order valence-electron chi connectivity index (χ3n) is 5.15. The Hall–Kier alpha value is -3.26. The minimum absolute atomic E-state index is 0.171. The van der Waals surface area contributed by atoms with E-state index in [0.717, 1.165) is 23.2 Å². The fourth-order valence-corrected chi connectivity index (χ4v) is 3.80. The van der Waals surface area contributed by atoms with E-state index in [0.29, 0.717) is 24.9 Å². The van der Waals surface area contributed by atoms with Crippen molar-refractivity contribution in [3.63, 3.8) is 0 Å². The maximum Gasteiger partial charge on any atom is 0.276 e. The van der Waals surface area contributed by atoms with Crippen LogP contribution in [0.5, 0.6) is 5.88 Å². The number of hydrogen-bond donors (Lipinski definition) is 1. The van der Waals surface area contributed by atoms with Gasteiger partial charge >= 0.3 is 0 Å². The maximum absolute atomic E-state index is 13.5. The molecule has 1 atom stereocenters. The zero-order valence-corrected chi connectivity index (χ0v) is 17.2. The number of fused-ring (bicyclic) bond motifs is 1. The van der Waals surface area contributed by atoms with Crippen molar-refractivity contribution >= 4 is 17.5 Å². The van der Waals surface area contributed by atoms with E-state index in [1.807, 2.05) is 12.1 Å². The molecule has 0 bridgehead atoms. The Labute approximate surface area is 174 Å². The van der Waals surface area contributed by atoms with Gasteiger partial charge in [0.1, 0.15) is 5.82 Å². The average Bonchev–Trinajstić information content (AvgIpc) is 3.09. The fraction of sp³-hybridized carbons (Fsp3) is 0.318. The summed E-state index contributed by atoms with van der Waals surface area (Å²) < 4.78 is 24.1. The van der Waals surface area contributed by atoms with Crippen LogP contribution in [0.3, 0.4) is 0 Å².